The summed E-state index contributed by atoms with van der Waals surface area (Å²) in [5.41, 5.74) is 1.72. The fourth-order valence-corrected chi connectivity index (χ4v) is 2.04. The van der Waals surface area contributed by atoms with E-state index in [1.54, 1.807) is 12.4 Å². The second-order valence-corrected chi connectivity index (χ2v) is 4.20. The predicted octanol–water partition coefficient (Wildman–Crippen LogP) is 1.43. The number of aryl methyl sites for hydroxylation is 1. The molecule has 2 aromatic rings. The molecule has 0 aliphatic heterocycles. The van der Waals surface area contributed by atoms with Gasteiger partial charge in [0.15, 0.2) is 0 Å². The summed E-state index contributed by atoms with van der Waals surface area (Å²) in [4.78, 5) is 16.4. The number of carbonyl (C=O) groups is 1. The van der Waals surface area contributed by atoms with Crippen molar-refractivity contribution in [1.29, 1.82) is 0 Å². The summed E-state index contributed by atoms with van der Waals surface area (Å²) in [7, 11) is 0. The van der Waals surface area contributed by atoms with Gasteiger partial charge in [-0.05, 0) is 29.6 Å². The van der Waals surface area contributed by atoms with Gasteiger partial charge in [-0.3, -0.25) is 9.78 Å². The van der Waals surface area contributed by atoms with Gasteiger partial charge >= 0.3 is 0 Å². The molecule has 2 aromatic heterocycles. The molecule has 0 aliphatic rings. The first-order valence-electron chi connectivity index (χ1n) is 5.29. The van der Waals surface area contributed by atoms with Crippen LogP contribution in [0, 0.1) is 0 Å². The smallest absolute Gasteiger partial charge is 0.265 e. The highest BCUT2D eigenvalue weighted by molar-refractivity contribution is 7.08. The van der Waals surface area contributed by atoms with Crippen molar-refractivity contribution in [1.82, 2.24) is 19.9 Å². The van der Waals surface area contributed by atoms with Crippen LogP contribution in [-0.2, 0) is 13.0 Å². The van der Waals surface area contributed by atoms with E-state index in [1.807, 2.05) is 19.1 Å². The topological polar surface area (TPSA) is 67.8 Å². The predicted molar refractivity (Wildman–Crippen MR) is 64.7 cm³/mol. The zero-order valence-corrected chi connectivity index (χ0v) is 10.2. The normalized spacial score (nSPS) is 10.2. The van der Waals surface area contributed by atoms with E-state index < -0.39 is 0 Å². The van der Waals surface area contributed by atoms with Crippen LogP contribution in [0.25, 0.3) is 0 Å². The van der Waals surface area contributed by atoms with Gasteiger partial charge < -0.3 is 5.32 Å². The van der Waals surface area contributed by atoms with Gasteiger partial charge in [-0.15, -0.1) is 5.10 Å². The Morgan fingerprint density at radius 2 is 2.41 bits per heavy atom. The fraction of sp³-hybridized carbons (Fsp3) is 0.273. The lowest BCUT2D eigenvalue weighted by molar-refractivity contribution is 0.0954. The zero-order valence-electron chi connectivity index (χ0n) is 9.38. The molecule has 17 heavy (non-hydrogen) atoms. The van der Waals surface area contributed by atoms with Gasteiger partial charge in [-0.25, -0.2) is 0 Å². The summed E-state index contributed by atoms with van der Waals surface area (Å²) in [6, 6.07) is 3.76. The molecule has 0 radical (unpaired) electrons. The minimum absolute atomic E-state index is 0.124. The van der Waals surface area contributed by atoms with Crippen LogP contribution in [-0.4, -0.2) is 20.5 Å². The Morgan fingerprint density at radius 3 is 3.12 bits per heavy atom. The van der Waals surface area contributed by atoms with E-state index in [0.717, 1.165) is 22.8 Å². The number of amides is 1. The van der Waals surface area contributed by atoms with Crippen LogP contribution in [0.2, 0.25) is 0 Å². The second kappa shape index (κ2) is 5.49. The molecule has 0 aromatic carbocycles. The number of hydrogen-bond acceptors (Lipinski definition) is 5. The first kappa shape index (κ1) is 11.7. The van der Waals surface area contributed by atoms with Gasteiger partial charge in [-0.1, -0.05) is 17.5 Å². The highest BCUT2D eigenvalue weighted by Gasteiger charge is 2.14. The molecule has 88 valence electrons. The van der Waals surface area contributed by atoms with Gasteiger partial charge in [0.1, 0.15) is 4.88 Å². The Labute approximate surface area is 103 Å². The summed E-state index contributed by atoms with van der Waals surface area (Å²) in [6.07, 6.45) is 4.14. The quantitative estimate of drug-likeness (QED) is 0.888. The largest absolute Gasteiger partial charge is 0.347 e. The minimum Gasteiger partial charge on any atom is -0.347 e. The minimum atomic E-state index is -0.124. The van der Waals surface area contributed by atoms with Crippen LogP contribution < -0.4 is 5.32 Å². The number of rotatable bonds is 4. The van der Waals surface area contributed by atoms with Crippen molar-refractivity contribution in [3.8, 4) is 0 Å². The Hall–Kier alpha value is -1.82. The molecule has 1 amide bonds. The van der Waals surface area contributed by atoms with E-state index in [2.05, 4.69) is 19.9 Å². The molecule has 6 heteroatoms. The Bertz CT molecular complexity index is 497. The second-order valence-electron chi connectivity index (χ2n) is 3.45. The lowest BCUT2D eigenvalue weighted by Crippen LogP contribution is -2.22. The molecule has 0 atom stereocenters. The molecular weight excluding hydrogens is 236 g/mol. The van der Waals surface area contributed by atoms with Gasteiger partial charge in [-0.2, -0.15) is 0 Å². The third-order valence-electron chi connectivity index (χ3n) is 2.27. The lowest BCUT2D eigenvalue weighted by Gasteiger charge is -2.03. The van der Waals surface area contributed by atoms with Crippen molar-refractivity contribution in [2.45, 2.75) is 19.9 Å². The van der Waals surface area contributed by atoms with Crippen LogP contribution in [0.4, 0.5) is 0 Å². The Morgan fingerprint density at radius 1 is 1.53 bits per heavy atom. The Balaban J connectivity index is 1.98. The van der Waals surface area contributed by atoms with E-state index in [9.17, 15) is 4.79 Å². The van der Waals surface area contributed by atoms with Crippen molar-refractivity contribution in [2.24, 2.45) is 0 Å². The molecule has 2 rings (SSSR count). The summed E-state index contributed by atoms with van der Waals surface area (Å²) in [6.45, 7) is 2.42. The van der Waals surface area contributed by atoms with Crippen molar-refractivity contribution >= 4 is 17.4 Å². The third kappa shape index (κ3) is 2.85. The van der Waals surface area contributed by atoms with Gasteiger partial charge in [0.05, 0.1) is 5.69 Å². The number of aromatic nitrogens is 3. The summed E-state index contributed by atoms with van der Waals surface area (Å²) in [5.74, 6) is -0.124. The highest BCUT2D eigenvalue weighted by atomic mass is 32.1. The van der Waals surface area contributed by atoms with Crippen molar-refractivity contribution < 1.29 is 4.79 Å². The van der Waals surface area contributed by atoms with Crippen LogP contribution in [0.1, 0.15) is 27.9 Å². The van der Waals surface area contributed by atoms with E-state index in [4.69, 9.17) is 0 Å². The number of nitrogens with one attached hydrogen (secondary N) is 1. The summed E-state index contributed by atoms with van der Waals surface area (Å²) < 4.78 is 3.79. The molecule has 0 aliphatic carbocycles. The Kier molecular flexibility index (Phi) is 3.77. The SMILES string of the molecule is CCc1nnsc1C(=O)NCc1cccnc1. The molecule has 5 nitrogen and oxygen atoms in total. The molecular formula is C11H12N4OS. The zero-order chi connectivity index (χ0) is 12.1. The molecule has 0 bridgehead atoms. The van der Waals surface area contributed by atoms with Crippen molar-refractivity contribution in [3.05, 3.63) is 40.7 Å². The fourth-order valence-electron chi connectivity index (χ4n) is 1.38. The van der Waals surface area contributed by atoms with E-state index in [1.165, 1.54) is 0 Å². The van der Waals surface area contributed by atoms with Gasteiger partial charge in [0.2, 0.25) is 0 Å². The van der Waals surface area contributed by atoms with E-state index in [0.29, 0.717) is 17.8 Å². The highest BCUT2D eigenvalue weighted by Crippen LogP contribution is 2.10. The van der Waals surface area contributed by atoms with E-state index >= 15 is 0 Å². The molecule has 0 unspecified atom stereocenters. The maximum atomic E-state index is 11.9. The van der Waals surface area contributed by atoms with Crippen LogP contribution in [0.3, 0.4) is 0 Å². The van der Waals surface area contributed by atoms with E-state index in [-0.39, 0.29) is 5.91 Å². The molecule has 0 saturated heterocycles. The first-order valence-corrected chi connectivity index (χ1v) is 6.07. The van der Waals surface area contributed by atoms with Gasteiger partial charge in [0.25, 0.3) is 5.91 Å². The first-order chi connectivity index (χ1) is 8.31. The third-order valence-corrected chi connectivity index (χ3v) is 3.04. The maximum Gasteiger partial charge on any atom is 0.265 e. The molecule has 1 N–H and O–H groups in total. The summed E-state index contributed by atoms with van der Waals surface area (Å²) >= 11 is 1.13. The lowest BCUT2D eigenvalue weighted by atomic mass is 10.2. The summed E-state index contributed by atoms with van der Waals surface area (Å²) in [5, 5.41) is 6.73. The van der Waals surface area contributed by atoms with Crippen molar-refractivity contribution in [3.63, 3.8) is 0 Å². The maximum absolute atomic E-state index is 11.9. The molecule has 0 saturated carbocycles. The average Bonchev–Trinajstić information content (AvgIpc) is 2.85. The van der Waals surface area contributed by atoms with Crippen LogP contribution in [0.5, 0.6) is 0 Å². The van der Waals surface area contributed by atoms with Crippen molar-refractivity contribution in [2.75, 3.05) is 0 Å². The van der Waals surface area contributed by atoms with Crippen LogP contribution in [0.15, 0.2) is 24.5 Å². The number of pyridine rings is 1. The standard InChI is InChI=1S/C11H12N4OS/c1-2-9-10(17-15-14-9)11(16)13-7-8-4-3-5-12-6-8/h3-6H,2,7H2,1H3,(H,13,16). The molecule has 0 spiro atoms. The number of carbonyl (C=O) groups excluding carboxylic acids is 1. The number of nitrogens with zero attached hydrogens (tertiary/aromatic N) is 3. The monoisotopic (exact) mass is 248 g/mol. The molecule has 0 fully saturated rings. The average molecular weight is 248 g/mol. The number of hydrogen-bond donors (Lipinski definition) is 1. The molecule has 2 heterocycles. The van der Waals surface area contributed by atoms with Gasteiger partial charge in [0, 0.05) is 18.9 Å². The van der Waals surface area contributed by atoms with Crippen LogP contribution >= 0.6 is 11.5 Å².